The average molecular weight is 333 g/mol. The zero-order valence-electron chi connectivity index (χ0n) is 10.7. The summed E-state index contributed by atoms with van der Waals surface area (Å²) in [5.41, 5.74) is 11.4. The van der Waals surface area contributed by atoms with E-state index in [1.807, 2.05) is 18.2 Å². The number of nitrogens with two attached hydrogens (primary N) is 1. The van der Waals surface area contributed by atoms with Crippen LogP contribution in [0.5, 0.6) is 0 Å². The van der Waals surface area contributed by atoms with Gasteiger partial charge in [0.1, 0.15) is 5.01 Å². The number of halogens is 1. The number of hydrogen-bond acceptors (Lipinski definition) is 3. The van der Waals surface area contributed by atoms with Gasteiger partial charge in [-0.25, -0.2) is 4.98 Å². The predicted octanol–water partition coefficient (Wildman–Crippen LogP) is 4.92. The molecule has 4 heteroatoms. The number of aromatic nitrogens is 1. The van der Waals surface area contributed by atoms with Crippen LogP contribution < -0.4 is 5.73 Å². The van der Waals surface area contributed by atoms with Crippen molar-refractivity contribution in [3.63, 3.8) is 0 Å². The largest absolute Gasteiger partial charge is 0.398 e. The van der Waals surface area contributed by atoms with Crippen LogP contribution in [0.4, 0.5) is 5.69 Å². The SMILES string of the molecule is Cc1cc(C)c2nc(-c3cc(Br)ccc3N)sc2c1. The minimum Gasteiger partial charge on any atom is -0.398 e. The molecule has 96 valence electrons. The van der Waals surface area contributed by atoms with Gasteiger partial charge in [0.25, 0.3) is 0 Å². The van der Waals surface area contributed by atoms with Gasteiger partial charge in [-0.1, -0.05) is 22.0 Å². The van der Waals surface area contributed by atoms with Gasteiger partial charge in [0.15, 0.2) is 0 Å². The molecule has 0 fully saturated rings. The number of anilines is 1. The van der Waals surface area contributed by atoms with Crippen LogP contribution >= 0.6 is 27.3 Å². The molecule has 3 aromatic rings. The van der Waals surface area contributed by atoms with E-state index in [2.05, 4.69) is 41.9 Å². The Bertz CT molecular complexity index is 777. The van der Waals surface area contributed by atoms with Gasteiger partial charge in [0, 0.05) is 15.7 Å². The minimum absolute atomic E-state index is 0.761. The molecule has 2 aromatic carbocycles. The van der Waals surface area contributed by atoms with Gasteiger partial charge in [0.2, 0.25) is 0 Å². The summed E-state index contributed by atoms with van der Waals surface area (Å²) in [6, 6.07) is 10.2. The Kier molecular flexibility index (Phi) is 3.07. The summed E-state index contributed by atoms with van der Waals surface area (Å²) >= 11 is 5.17. The fourth-order valence-corrected chi connectivity index (χ4v) is 3.74. The van der Waals surface area contributed by atoms with Crippen molar-refractivity contribution in [2.24, 2.45) is 0 Å². The fraction of sp³-hybridized carbons (Fsp3) is 0.133. The van der Waals surface area contributed by atoms with Crippen LogP contribution in [0.25, 0.3) is 20.8 Å². The molecule has 0 aliphatic carbocycles. The summed E-state index contributed by atoms with van der Waals surface area (Å²) < 4.78 is 2.23. The lowest BCUT2D eigenvalue weighted by Crippen LogP contribution is -1.89. The Hall–Kier alpha value is -1.39. The first-order valence-electron chi connectivity index (χ1n) is 5.98. The molecule has 0 aliphatic rings. The van der Waals surface area contributed by atoms with Crippen LogP contribution in [-0.4, -0.2) is 4.98 Å². The molecule has 0 spiro atoms. The van der Waals surface area contributed by atoms with Crippen LogP contribution in [0.3, 0.4) is 0 Å². The number of hydrogen-bond donors (Lipinski definition) is 1. The molecule has 0 aliphatic heterocycles. The normalized spacial score (nSPS) is 11.1. The van der Waals surface area contributed by atoms with E-state index in [1.165, 1.54) is 15.8 Å². The first kappa shape index (κ1) is 12.6. The number of aryl methyl sites for hydroxylation is 2. The summed E-state index contributed by atoms with van der Waals surface area (Å²) in [6.07, 6.45) is 0. The van der Waals surface area contributed by atoms with E-state index in [-0.39, 0.29) is 0 Å². The summed E-state index contributed by atoms with van der Waals surface area (Å²) in [6.45, 7) is 4.21. The Balaban J connectivity index is 2.26. The number of fused-ring (bicyclic) bond motifs is 1. The van der Waals surface area contributed by atoms with Gasteiger partial charge in [-0.05, 0) is 49.2 Å². The highest BCUT2D eigenvalue weighted by atomic mass is 79.9. The quantitative estimate of drug-likeness (QED) is 0.642. The topological polar surface area (TPSA) is 38.9 Å². The highest BCUT2D eigenvalue weighted by Crippen LogP contribution is 2.36. The van der Waals surface area contributed by atoms with Crippen molar-refractivity contribution < 1.29 is 0 Å². The van der Waals surface area contributed by atoms with E-state index in [1.54, 1.807) is 11.3 Å². The molecule has 0 atom stereocenters. The van der Waals surface area contributed by atoms with Gasteiger partial charge in [-0.3, -0.25) is 0 Å². The lowest BCUT2D eigenvalue weighted by atomic mass is 10.1. The van der Waals surface area contributed by atoms with Crippen molar-refractivity contribution in [3.8, 4) is 10.6 Å². The zero-order chi connectivity index (χ0) is 13.6. The molecule has 2 N–H and O–H groups in total. The van der Waals surface area contributed by atoms with Gasteiger partial charge in [-0.15, -0.1) is 11.3 Å². The van der Waals surface area contributed by atoms with Crippen molar-refractivity contribution >= 4 is 43.2 Å². The molecule has 0 bridgehead atoms. The standard InChI is InChI=1S/C15H13BrN2S/c1-8-5-9(2)14-13(6-8)19-15(18-14)11-7-10(16)3-4-12(11)17/h3-7H,17H2,1-2H3. The number of thiazole rings is 1. The summed E-state index contributed by atoms with van der Waals surface area (Å²) in [7, 11) is 0. The van der Waals surface area contributed by atoms with Crippen LogP contribution in [0.15, 0.2) is 34.8 Å². The molecule has 0 unspecified atom stereocenters. The molecule has 1 heterocycles. The molecule has 1 aromatic heterocycles. The van der Waals surface area contributed by atoms with Gasteiger partial charge in [-0.2, -0.15) is 0 Å². The summed E-state index contributed by atoms with van der Waals surface area (Å²) in [4.78, 5) is 4.74. The van der Waals surface area contributed by atoms with E-state index >= 15 is 0 Å². The van der Waals surface area contributed by atoms with Gasteiger partial charge < -0.3 is 5.73 Å². The number of nitrogens with zero attached hydrogens (tertiary/aromatic N) is 1. The van der Waals surface area contributed by atoms with E-state index < -0.39 is 0 Å². The number of rotatable bonds is 1. The predicted molar refractivity (Wildman–Crippen MR) is 86.6 cm³/mol. The molecule has 0 saturated carbocycles. The van der Waals surface area contributed by atoms with Crippen LogP contribution in [0.2, 0.25) is 0 Å². The molecular weight excluding hydrogens is 320 g/mol. The molecular formula is C15H13BrN2S. The van der Waals surface area contributed by atoms with Crippen LogP contribution in [0, 0.1) is 13.8 Å². The Morgan fingerprint density at radius 2 is 1.95 bits per heavy atom. The average Bonchev–Trinajstić information content (AvgIpc) is 2.76. The lowest BCUT2D eigenvalue weighted by molar-refractivity contribution is 1.38. The van der Waals surface area contributed by atoms with E-state index in [4.69, 9.17) is 10.7 Å². The lowest BCUT2D eigenvalue weighted by Gasteiger charge is -2.02. The maximum Gasteiger partial charge on any atom is 0.126 e. The van der Waals surface area contributed by atoms with E-state index in [0.29, 0.717) is 0 Å². The molecule has 19 heavy (non-hydrogen) atoms. The first-order chi connectivity index (χ1) is 9.04. The number of benzene rings is 2. The maximum absolute atomic E-state index is 6.06. The van der Waals surface area contributed by atoms with Crippen molar-refractivity contribution in [2.45, 2.75) is 13.8 Å². The van der Waals surface area contributed by atoms with E-state index in [9.17, 15) is 0 Å². The molecule has 0 amide bonds. The first-order valence-corrected chi connectivity index (χ1v) is 7.59. The van der Waals surface area contributed by atoms with Gasteiger partial charge >= 0.3 is 0 Å². The minimum atomic E-state index is 0.761. The zero-order valence-corrected chi connectivity index (χ0v) is 13.1. The Labute approximate surface area is 124 Å². The Morgan fingerprint density at radius 1 is 1.16 bits per heavy atom. The third-order valence-electron chi connectivity index (χ3n) is 3.08. The van der Waals surface area contributed by atoms with Gasteiger partial charge in [0.05, 0.1) is 10.2 Å². The fourth-order valence-electron chi connectivity index (χ4n) is 2.20. The smallest absolute Gasteiger partial charge is 0.126 e. The van der Waals surface area contributed by atoms with Crippen molar-refractivity contribution in [3.05, 3.63) is 45.9 Å². The molecule has 2 nitrogen and oxygen atoms in total. The maximum atomic E-state index is 6.06. The monoisotopic (exact) mass is 332 g/mol. The molecule has 3 rings (SSSR count). The highest BCUT2D eigenvalue weighted by Gasteiger charge is 2.11. The second-order valence-corrected chi connectivity index (χ2v) is 6.63. The Morgan fingerprint density at radius 3 is 2.74 bits per heavy atom. The third kappa shape index (κ3) is 2.26. The van der Waals surface area contributed by atoms with E-state index in [0.717, 1.165) is 26.2 Å². The second-order valence-electron chi connectivity index (χ2n) is 4.68. The van der Waals surface area contributed by atoms with Crippen LogP contribution in [0.1, 0.15) is 11.1 Å². The molecule has 0 saturated heterocycles. The number of nitrogen functional groups attached to an aromatic ring is 1. The van der Waals surface area contributed by atoms with Crippen molar-refractivity contribution in [2.75, 3.05) is 5.73 Å². The summed E-state index contributed by atoms with van der Waals surface area (Å²) in [5.74, 6) is 0. The third-order valence-corrected chi connectivity index (χ3v) is 4.60. The second kappa shape index (κ2) is 4.62. The molecule has 0 radical (unpaired) electrons. The van der Waals surface area contributed by atoms with Crippen molar-refractivity contribution in [1.82, 2.24) is 4.98 Å². The summed E-state index contributed by atoms with van der Waals surface area (Å²) in [5, 5.41) is 0.975. The van der Waals surface area contributed by atoms with Crippen molar-refractivity contribution in [1.29, 1.82) is 0 Å². The van der Waals surface area contributed by atoms with Crippen LogP contribution in [-0.2, 0) is 0 Å². The highest BCUT2D eigenvalue weighted by molar-refractivity contribution is 9.10.